The Morgan fingerprint density at radius 2 is 2.00 bits per heavy atom. The van der Waals surface area contributed by atoms with E-state index in [4.69, 9.17) is 9.47 Å². The molecule has 0 bridgehead atoms. The van der Waals surface area contributed by atoms with Crippen LogP contribution in [0.2, 0.25) is 0 Å². The Kier molecular flexibility index (Phi) is 5.11. The van der Waals surface area contributed by atoms with Crippen molar-refractivity contribution in [2.24, 2.45) is 0 Å². The Balaban J connectivity index is 2.32. The van der Waals surface area contributed by atoms with Gasteiger partial charge in [0.2, 0.25) is 0 Å². The van der Waals surface area contributed by atoms with Crippen molar-refractivity contribution in [1.29, 1.82) is 0 Å². The van der Waals surface area contributed by atoms with Crippen LogP contribution in [-0.4, -0.2) is 26.8 Å². The molecule has 0 amide bonds. The lowest BCUT2D eigenvalue weighted by Crippen LogP contribution is -2.35. The minimum atomic E-state index is 0.548. The molecule has 1 atom stereocenters. The number of hydrogen-bond donors (Lipinski definition) is 1. The summed E-state index contributed by atoms with van der Waals surface area (Å²) in [6, 6.07) is 2.66. The van der Waals surface area contributed by atoms with E-state index < -0.39 is 0 Å². The van der Waals surface area contributed by atoms with Crippen LogP contribution in [0.3, 0.4) is 0 Å². The van der Waals surface area contributed by atoms with Gasteiger partial charge in [0.05, 0.1) is 18.7 Å². The predicted molar refractivity (Wildman–Crippen MR) is 81.3 cm³/mol. The van der Waals surface area contributed by atoms with Gasteiger partial charge in [0, 0.05) is 11.6 Å². The number of nitrogens with one attached hydrogen (secondary N) is 1. The molecule has 19 heavy (non-hydrogen) atoms. The summed E-state index contributed by atoms with van der Waals surface area (Å²) in [5, 5.41) is 3.59. The number of halogens is 1. The maximum Gasteiger partial charge on any atom is 0.175 e. The second-order valence-corrected chi connectivity index (χ2v) is 5.93. The second kappa shape index (κ2) is 6.62. The van der Waals surface area contributed by atoms with Crippen LogP contribution in [0, 0.1) is 6.92 Å². The smallest absolute Gasteiger partial charge is 0.175 e. The van der Waals surface area contributed by atoms with E-state index >= 15 is 0 Å². The summed E-state index contributed by atoms with van der Waals surface area (Å²) in [5.41, 5.74) is 2.50. The van der Waals surface area contributed by atoms with Gasteiger partial charge >= 0.3 is 0 Å². The molecule has 0 spiro atoms. The maximum absolute atomic E-state index is 5.59. The van der Waals surface area contributed by atoms with E-state index in [2.05, 4.69) is 34.2 Å². The number of ether oxygens (including phenoxy) is 2. The van der Waals surface area contributed by atoms with Gasteiger partial charge in [-0.1, -0.05) is 6.42 Å². The summed E-state index contributed by atoms with van der Waals surface area (Å²) in [6.45, 7) is 3.25. The van der Waals surface area contributed by atoms with E-state index in [1.54, 1.807) is 14.2 Å². The van der Waals surface area contributed by atoms with E-state index in [0.717, 1.165) is 28.9 Å². The summed E-state index contributed by atoms with van der Waals surface area (Å²) in [4.78, 5) is 0. The molecule has 1 saturated heterocycles. The van der Waals surface area contributed by atoms with E-state index in [1.165, 1.54) is 30.4 Å². The normalized spacial score (nSPS) is 19.3. The van der Waals surface area contributed by atoms with Crippen LogP contribution in [0.25, 0.3) is 0 Å². The molecule has 106 valence electrons. The summed E-state index contributed by atoms with van der Waals surface area (Å²) < 4.78 is 12.0. The van der Waals surface area contributed by atoms with Crippen molar-refractivity contribution >= 4 is 15.9 Å². The first kappa shape index (κ1) is 14.7. The summed E-state index contributed by atoms with van der Waals surface area (Å²) >= 11 is 3.54. The lowest BCUT2D eigenvalue weighted by molar-refractivity contribution is 0.343. The van der Waals surface area contributed by atoms with Gasteiger partial charge in [-0.2, -0.15) is 0 Å². The zero-order valence-electron chi connectivity index (χ0n) is 11.9. The van der Waals surface area contributed by atoms with Crippen molar-refractivity contribution in [3.8, 4) is 11.5 Å². The third-order valence-corrected chi connectivity index (χ3v) is 4.38. The topological polar surface area (TPSA) is 30.5 Å². The number of benzene rings is 1. The number of methoxy groups -OCH3 is 2. The molecule has 4 heteroatoms. The Morgan fingerprint density at radius 1 is 1.26 bits per heavy atom. The van der Waals surface area contributed by atoms with Gasteiger partial charge < -0.3 is 14.8 Å². The van der Waals surface area contributed by atoms with Crippen LogP contribution in [0.4, 0.5) is 0 Å². The minimum Gasteiger partial charge on any atom is -0.493 e. The van der Waals surface area contributed by atoms with E-state index in [9.17, 15) is 0 Å². The van der Waals surface area contributed by atoms with Crippen molar-refractivity contribution in [2.45, 2.75) is 38.6 Å². The summed E-state index contributed by atoms with van der Waals surface area (Å²) in [6.07, 6.45) is 4.84. The molecule has 1 N–H and O–H groups in total. The van der Waals surface area contributed by atoms with Gasteiger partial charge in [-0.25, -0.2) is 0 Å². The Hall–Kier alpha value is -0.740. The van der Waals surface area contributed by atoms with Crippen LogP contribution in [0.1, 0.15) is 30.4 Å². The van der Waals surface area contributed by atoms with Crippen LogP contribution < -0.4 is 14.8 Å². The molecule has 1 aliphatic rings. The maximum atomic E-state index is 5.59. The van der Waals surface area contributed by atoms with Gasteiger partial charge in [-0.3, -0.25) is 0 Å². The highest BCUT2D eigenvalue weighted by Crippen LogP contribution is 2.40. The fourth-order valence-corrected chi connectivity index (χ4v) is 3.46. The average molecular weight is 328 g/mol. The lowest BCUT2D eigenvalue weighted by atomic mass is 9.94. The molecule has 1 heterocycles. The molecule has 2 rings (SSSR count). The van der Waals surface area contributed by atoms with Crippen LogP contribution in [-0.2, 0) is 6.42 Å². The molecule has 1 aliphatic heterocycles. The highest BCUT2D eigenvalue weighted by molar-refractivity contribution is 9.10. The van der Waals surface area contributed by atoms with Crippen molar-refractivity contribution in [1.82, 2.24) is 5.32 Å². The minimum absolute atomic E-state index is 0.548. The first-order valence-electron chi connectivity index (χ1n) is 6.80. The fourth-order valence-electron chi connectivity index (χ4n) is 2.77. The number of aryl methyl sites for hydroxylation is 1. The molecule has 1 aromatic rings. The average Bonchev–Trinajstić information content (AvgIpc) is 2.42. The first-order valence-corrected chi connectivity index (χ1v) is 7.60. The van der Waals surface area contributed by atoms with Crippen molar-refractivity contribution in [2.75, 3.05) is 20.8 Å². The molecule has 1 aromatic carbocycles. The van der Waals surface area contributed by atoms with Crippen molar-refractivity contribution in [3.63, 3.8) is 0 Å². The molecule has 0 aliphatic carbocycles. The highest BCUT2D eigenvalue weighted by Gasteiger charge is 2.21. The van der Waals surface area contributed by atoms with E-state index in [0.29, 0.717) is 6.04 Å². The Labute approximate surface area is 123 Å². The molecule has 1 fully saturated rings. The zero-order chi connectivity index (χ0) is 13.8. The van der Waals surface area contributed by atoms with Crippen molar-refractivity contribution in [3.05, 3.63) is 21.7 Å². The van der Waals surface area contributed by atoms with Gasteiger partial charge in [-0.05, 0) is 60.3 Å². The third kappa shape index (κ3) is 3.23. The fraction of sp³-hybridized carbons (Fsp3) is 0.600. The largest absolute Gasteiger partial charge is 0.493 e. The predicted octanol–water partition coefficient (Wildman–Crippen LogP) is 3.46. The third-order valence-electron chi connectivity index (χ3n) is 3.79. The van der Waals surface area contributed by atoms with Crippen LogP contribution >= 0.6 is 15.9 Å². The van der Waals surface area contributed by atoms with Gasteiger partial charge in [-0.15, -0.1) is 0 Å². The zero-order valence-corrected chi connectivity index (χ0v) is 13.5. The molecular formula is C15H22BrNO2. The number of piperidine rings is 1. The Morgan fingerprint density at radius 3 is 2.58 bits per heavy atom. The molecule has 3 nitrogen and oxygen atoms in total. The molecule has 1 unspecified atom stereocenters. The number of hydrogen-bond acceptors (Lipinski definition) is 3. The molecule has 0 saturated carbocycles. The lowest BCUT2D eigenvalue weighted by Gasteiger charge is -2.25. The van der Waals surface area contributed by atoms with Crippen molar-refractivity contribution < 1.29 is 9.47 Å². The van der Waals surface area contributed by atoms with E-state index in [1.807, 2.05) is 0 Å². The summed E-state index contributed by atoms with van der Waals surface area (Å²) in [5.74, 6) is 1.65. The molecule has 0 radical (unpaired) electrons. The van der Waals surface area contributed by atoms with E-state index in [-0.39, 0.29) is 0 Å². The van der Waals surface area contributed by atoms with Crippen LogP contribution in [0.5, 0.6) is 11.5 Å². The Bertz CT molecular complexity index is 442. The number of rotatable bonds is 4. The monoisotopic (exact) mass is 327 g/mol. The SMILES string of the molecule is COc1c(Br)cc(C)c(CC2CCCCN2)c1OC. The standard InChI is InChI=1S/C15H22BrNO2/c1-10-8-13(16)15(19-3)14(18-2)12(10)9-11-6-4-5-7-17-11/h8,11,17H,4-7,9H2,1-3H3. The molecular weight excluding hydrogens is 306 g/mol. The summed E-state index contributed by atoms with van der Waals surface area (Å²) in [7, 11) is 3.39. The van der Waals surface area contributed by atoms with Gasteiger partial charge in [0.1, 0.15) is 0 Å². The molecule has 0 aromatic heterocycles. The first-order chi connectivity index (χ1) is 9.17. The van der Waals surface area contributed by atoms with Gasteiger partial charge in [0.15, 0.2) is 11.5 Å². The van der Waals surface area contributed by atoms with Crippen LogP contribution in [0.15, 0.2) is 10.5 Å². The highest BCUT2D eigenvalue weighted by atomic mass is 79.9. The van der Waals surface area contributed by atoms with Gasteiger partial charge in [0.25, 0.3) is 0 Å². The quantitative estimate of drug-likeness (QED) is 0.918. The second-order valence-electron chi connectivity index (χ2n) is 5.07.